The molecule has 0 saturated heterocycles. The van der Waals surface area contributed by atoms with Crippen LogP contribution >= 0.6 is 0 Å². The molecule has 0 saturated carbocycles. The van der Waals surface area contributed by atoms with E-state index in [1.165, 1.54) is 5.69 Å². The molecule has 0 unspecified atom stereocenters. The molecule has 0 fully saturated rings. The van der Waals surface area contributed by atoms with Gasteiger partial charge in [0.05, 0.1) is 11.3 Å². The summed E-state index contributed by atoms with van der Waals surface area (Å²) in [5.74, 6) is 0.155. The van der Waals surface area contributed by atoms with Gasteiger partial charge in [-0.1, -0.05) is 12.1 Å². The molecule has 4 heteroatoms. The maximum Gasteiger partial charge on any atom is 0.198 e. The van der Waals surface area contributed by atoms with E-state index in [2.05, 4.69) is 40.9 Å². The zero-order valence-electron chi connectivity index (χ0n) is 14.4. The van der Waals surface area contributed by atoms with E-state index in [1.54, 1.807) is 6.21 Å². The van der Waals surface area contributed by atoms with Crippen molar-refractivity contribution < 1.29 is 5.11 Å². The first-order valence-corrected chi connectivity index (χ1v) is 8.33. The van der Waals surface area contributed by atoms with E-state index in [1.807, 2.05) is 37.3 Å². The van der Waals surface area contributed by atoms with Gasteiger partial charge >= 0.3 is 0 Å². The highest BCUT2D eigenvalue weighted by Crippen LogP contribution is 2.29. The molecular formula is C20H23N3O. The third-order valence-corrected chi connectivity index (χ3v) is 4.37. The number of hydrogen-bond donors (Lipinski definition) is 2. The SMILES string of the molecule is CCN(CC)c1ccc(N=Cc2c(O)[nH]c3cccc(C)c23)cc1. The number of aryl methyl sites for hydroxylation is 1. The Morgan fingerprint density at radius 3 is 2.46 bits per heavy atom. The average molecular weight is 321 g/mol. The molecule has 1 aromatic heterocycles. The summed E-state index contributed by atoms with van der Waals surface area (Å²) in [5.41, 5.74) is 4.84. The molecule has 1 heterocycles. The van der Waals surface area contributed by atoms with E-state index >= 15 is 0 Å². The van der Waals surface area contributed by atoms with Crippen LogP contribution in [0.5, 0.6) is 5.88 Å². The van der Waals surface area contributed by atoms with Crippen LogP contribution < -0.4 is 4.90 Å². The first-order valence-electron chi connectivity index (χ1n) is 8.33. The molecule has 0 amide bonds. The van der Waals surface area contributed by atoms with Crippen molar-refractivity contribution in [1.29, 1.82) is 0 Å². The van der Waals surface area contributed by atoms with Gasteiger partial charge in [-0.25, -0.2) is 0 Å². The fraction of sp³-hybridized carbons (Fsp3) is 0.250. The van der Waals surface area contributed by atoms with Crippen molar-refractivity contribution in [3.05, 3.63) is 53.6 Å². The highest BCUT2D eigenvalue weighted by atomic mass is 16.3. The lowest BCUT2D eigenvalue weighted by Crippen LogP contribution is -2.21. The topological polar surface area (TPSA) is 51.6 Å². The number of hydrogen-bond acceptors (Lipinski definition) is 3. The van der Waals surface area contributed by atoms with E-state index in [0.717, 1.165) is 40.8 Å². The zero-order chi connectivity index (χ0) is 17.1. The number of aromatic hydroxyl groups is 1. The second-order valence-electron chi connectivity index (χ2n) is 5.83. The third-order valence-electron chi connectivity index (χ3n) is 4.37. The van der Waals surface area contributed by atoms with E-state index in [9.17, 15) is 5.11 Å². The smallest absolute Gasteiger partial charge is 0.198 e. The molecule has 0 atom stereocenters. The minimum absolute atomic E-state index is 0.155. The van der Waals surface area contributed by atoms with Crippen molar-refractivity contribution in [2.45, 2.75) is 20.8 Å². The summed E-state index contributed by atoms with van der Waals surface area (Å²) in [7, 11) is 0. The summed E-state index contributed by atoms with van der Waals surface area (Å²) in [5, 5.41) is 11.2. The number of rotatable bonds is 5. The van der Waals surface area contributed by atoms with Gasteiger partial charge in [0.25, 0.3) is 0 Å². The number of fused-ring (bicyclic) bond motifs is 1. The molecule has 3 rings (SSSR count). The van der Waals surface area contributed by atoms with Gasteiger partial charge in [-0.3, -0.25) is 4.99 Å². The van der Waals surface area contributed by atoms with Crippen LogP contribution in [-0.4, -0.2) is 29.4 Å². The Balaban J connectivity index is 1.90. The Morgan fingerprint density at radius 2 is 1.79 bits per heavy atom. The van der Waals surface area contributed by atoms with Crippen molar-refractivity contribution in [3.63, 3.8) is 0 Å². The Kier molecular flexibility index (Phi) is 4.56. The van der Waals surface area contributed by atoms with E-state index in [0.29, 0.717) is 0 Å². The normalized spacial score (nSPS) is 11.5. The molecule has 3 aromatic rings. The number of aromatic nitrogens is 1. The Hall–Kier alpha value is -2.75. The molecule has 124 valence electrons. The van der Waals surface area contributed by atoms with Gasteiger partial charge in [-0.15, -0.1) is 0 Å². The van der Waals surface area contributed by atoms with Gasteiger partial charge in [0.1, 0.15) is 0 Å². The lowest BCUT2D eigenvalue weighted by molar-refractivity contribution is 0.457. The Morgan fingerprint density at radius 1 is 1.08 bits per heavy atom. The summed E-state index contributed by atoms with van der Waals surface area (Å²) in [4.78, 5) is 9.82. The monoisotopic (exact) mass is 321 g/mol. The Labute approximate surface area is 142 Å². The van der Waals surface area contributed by atoms with E-state index < -0.39 is 0 Å². The Bertz CT molecular complexity index is 858. The predicted molar refractivity (Wildman–Crippen MR) is 102 cm³/mol. The van der Waals surface area contributed by atoms with Crippen molar-refractivity contribution in [3.8, 4) is 5.88 Å². The zero-order valence-corrected chi connectivity index (χ0v) is 14.4. The van der Waals surface area contributed by atoms with Crippen LogP contribution in [0, 0.1) is 6.92 Å². The number of H-pyrrole nitrogens is 1. The predicted octanol–water partition coefficient (Wildman–Crippen LogP) is 4.78. The van der Waals surface area contributed by atoms with E-state index in [4.69, 9.17) is 0 Å². The number of anilines is 1. The van der Waals surface area contributed by atoms with Crippen LogP contribution in [0.3, 0.4) is 0 Å². The van der Waals surface area contributed by atoms with Gasteiger partial charge in [0, 0.05) is 35.9 Å². The van der Waals surface area contributed by atoms with Crippen LogP contribution in [0.2, 0.25) is 0 Å². The fourth-order valence-corrected chi connectivity index (χ4v) is 3.05. The molecule has 0 aliphatic rings. The standard InChI is InChI=1S/C20H23N3O/c1-4-23(5-2)16-11-9-15(10-12-16)21-13-17-19-14(3)7-6-8-18(19)22-20(17)24/h6-13,22,24H,4-5H2,1-3H3. The van der Waals surface area contributed by atoms with Crippen molar-refractivity contribution in [2.24, 2.45) is 4.99 Å². The first-order chi connectivity index (χ1) is 11.6. The van der Waals surface area contributed by atoms with Crippen molar-refractivity contribution in [1.82, 2.24) is 4.98 Å². The van der Waals surface area contributed by atoms with Gasteiger partial charge in [-0.05, 0) is 56.7 Å². The largest absolute Gasteiger partial charge is 0.494 e. The van der Waals surface area contributed by atoms with Crippen LogP contribution in [-0.2, 0) is 0 Å². The second kappa shape index (κ2) is 6.79. The first kappa shape index (κ1) is 16.1. The lowest BCUT2D eigenvalue weighted by atomic mass is 10.1. The molecule has 2 N–H and O–H groups in total. The molecule has 0 aliphatic carbocycles. The van der Waals surface area contributed by atoms with Gasteiger partial charge in [0.2, 0.25) is 0 Å². The summed E-state index contributed by atoms with van der Waals surface area (Å²) < 4.78 is 0. The molecule has 2 aromatic carbocycles. The molecule has 0 aliphatic heterocycles. The highest BCUT2D eigenvalue weighted by Gasteiger charge is 2.10. The maximum atomic E-state index is 10.2. The second-order valence-corrected chi connectivity index (χ2v) is 5.83. The number of aromatic amines is 1. The van der Waals surface area contributed by atoms with Crippen LogP contribution in [0.15, 0.2) is 47.5 Å². The van der Waals surface area contributed by atoms with Gasteiger partial charge in [0.15, 0.2) is 5.88 Å². The number of aliphatic imine (C=N–C) groups is 1. The summed E-state index contributed by atoms with van der Waals surface area (Å²) >= 11 is 0. The molecule has 24 heavy (non-hydrogen) atoms. The molecule has 0 bridgehead atoms. The summed E-state index contributed by atoms with van der Waals surface area (Å²) in [6.07, 6.45) is 1.73. The lowest BCUT2D eigenvalue weighted by Gasteiger charge is -2.20. The summed E-state index contributed by atoms with van der Waals surface area (Å²) in [6.45, 7) is 8.31. The van der Waals surface area contributed by atoms with E-state index in [-0.39, 0.29) is 5.88 Å². The maximum absolute atomic E-state index is 10.2. The van der Waals surface area contributed by atoms with Crippen molar-refractivity contribution in [2.75, 3.05) is 18.0 Å². The number of nitrogens with one attached hydrogen (secondary N) is 1. The molecular weight excluding hydrogens is 298 g/mol. The average Bonchev–Trinajstić information content (AvgIpc) is 2.92. The fourth-order valence-electron chi connectivity index (χ4n) is 3.05. The van der Waals surface area contributed by atoms with Crippen LogP contribution in [0.1, 0.15) is 25.0 Å². The van der Waals surface area contributed by atoms with Crippen LogP contribution in [0.4, 0.5) is 11.4 Å². The summed E-state index contributed by atoms with van der Waals surface area (Å²) in [6, 6.07) is 14.1. The highest BCUT2D eigenvalue weighted by molar-refractivity contribution is 6.04. The number of benzene rings is 2. The number of nitrogens with zero attached hydrogens (tertiary/aromatic N) is 2. The molecule has 0 radical (unpaired) electrons. The molecule has 0 spiro atoms. The quantitative estimate of drug-likeness (QED) is 0.665. The third kappa shape index (κ3) is 3.00. The molecule has 4 nitrogen and oxygen atoms in total. The minimum Gasteiger partial charge on any atom is -0.494 e. The minimum atomic E-state index is 0.155. The van der Waals surface area contributed by atoms with Gasteiger partial charge in [-0.2, -0.15) is 0 Å². The van der Waals surface area contributed by atoms with Gasteiger partial charge < -0.3 is 15.0 Å². The van der Waals surface area contributed by atoms with Crippen molar-refractivity contribution >= 4 is 28.5 Å². The van der Waals surface area contributed by atoms with Crippen LogP contribution in [0.25, 0.3) is 10.9 Å².